The Kier molecular flexibility index (Phi) is 3.45. The average Bonchev–Trinajstić information content (AvgIpc) is 3.15. The van der Waals surface area contributed by atoms with Gasteiger partial charge in [-0.1, -0.05) is 32.1 Å². The van der Waals surface area contributed by atoms with Crippen LogP contribution in [0.4, 0.5) is 0 Å². The highest BCUT2D eigenvalue weighted by atomic mass is 16.3. The maximum Gasteiger partial charge on any atom is 0.0777 e. The van der Waals surface area contributed by atoms with E-state index in [1.807, 2.05) is 6.92 Å². The van der Waals surface area contributed by atoms with Crippen LogP contribution in [0.2, 0.25) is 0 Å². The fourth-order valence-electron chi connectivity index (χ4n) is 6.06. The molecule has 0 heterocycles. The van der Waals surface area contributed by atoms with Crippen molar-refractivity contribution in [3.63, 3.8) is 0 Å². The Balaban J connectivity index is 1.63. The predicted octanol–water partition coefficient (Wildman–Crippen LogP) is 4.15. The molecule has 2 saturated carbocycles. The predicted molar refractivity (Wildman–Crippen MR) is 92.8 cm³/mol. The summed E-state index contributed by atoms with van der Waals surface area (Å²) >= 11 is 0. The Bertz CT molecular complexity index is 613. The van der Waals surface area contributed by atoms with Gasteiger partial charge in [0.15, 0.2) is 0 Å². The summed E-state index contributed by atoms with van der Waals surface area (Å²) in [6.07, 6.45) is 12.5. The van der Waals surface area contributed by atoms with Crippen LogP contribution in [-0.4, -0.2) is 22.4 Å². The molecule has 2 heteroatoms. The largest absolute Gasteiger partial charge is 0.393 e. The van der Waals surface area contributed by atoms with E-state index < -0.39 is 12.2 Å². The number of hydrogen-bond acceptors (Lipinski definition) is 2. The summed E-state index contributed by atoms with van der Waals surface area (Å²) in [6.45, 7) is 6.97. The first-order valence-corrected chi connectivity index (χ1v) is 9.33. The highest BCUT2D eigenvalue weighted by Crippen LogP contribution is 2.79. The summed E-state index contributed by atoms with van der Waals surface area (Å²) in [6, 6.07) is 0. The highest BCUT2D eigenvalue weighted by molar-refractivity contribution is 5.45. The molecule has 2 N–H and O–H groups in total. The molecular formula is C21H30O2. The third-order valence-electron chi connectivity index (χ3n) is 7.81. The molecule has 0 amide bonds. The van der Waals surface area contributed by atoms with Gasteiger partial charge < -0.3 is 10.2 Å². The Hall–Kier alpha value is -0.860. The lowest BCUT2D eigenvalue weighted by molar-refractivity contribution is 0.0879. The molecule has 0 aromatic carbocycles. The summed E-state index contributed by atoms with van der Waals surface area (Å²) < 4.78 is 0. The third-order valence-corrected chi connectivity index (χ3v) is 7.81. The Morgan fingerprint density at radius 2 is 2.00 bits per heavy atom. The number of rotatable bonds is 2. The van der Waals surface area contributed by atoms with E-state index in [0.29, 0.717) is 23.7 Å². The molecule has 0 aliphatic heterocycles. The number of allylic oxidation sites excluding steroid dienone is 4. The minimum atomic E-state index is -0.484. The number of hydrogen-bond donors (Lipinski definition) is 2. The summed E-state index contributed by atoms with van der Waals surface area (Å²) in [5.74, 6) is 1.72. The van der Waals surface area contributed by atoms with Crippen LogP contribution in [0.3, 0.4) is 0 Å². The molecule has 2 fully saturated rings. The molecule has 4 aliphatic carbocycles. The third kappa shape index (κ3) is 2.07. The van der Waals surface area contributed by atoms with Gasteiger partial charge in [0.1, 0.15) is 0 Å². The Labute approximate surface area is 140 Å². The van der Waals surface area contributed by atoms with Gasteiger partial charge in [-0.15, -0.1) is 0 Å². The topological polar surface area (TPSA) is 40.5 Å². The van der Waals surface area contributed by atoms with Gasteiger partial charge in [-0.2, -0.15) is 0 Å². The molecule has 1 spiro atoms. The van der Waals surface area contributed by atoms with E-state index in [2.05, 4.69) is 32.1 Å². The van der Waals surface area contributed by atoms with E-state index in [4.69, 9.17) is 0 Å². The van der Waals surface area contributed by atoms with E-state index >= 15 is 0 Å². The minimum absolute atomic E-state index is 0.405. The minimum Gasteiger partial charge on any atom is -0.393 e. The van der Waals surface area contributed by atoms with Crippen LogP contribution in [0.15, 0.2) is 34.9 Å². The van der Waals surface area contributed by atoms with Crippen LogP contribution in [0.1, 0.15) is 59.3 Å². The summed E-state index contributed by atoms with van der Waals surface area (Å²) in [5, 5.41) is 20.0. The normalized spacial score (nSPS) is 49.2. The van der Waals surface area contributed by atoms with Crippen molar-refractivity contribution in [2.45, 2.75) is 71.5 Å². The second-order valence-electron chi connectivity index (χ2n) is 8.78. The summed E-state index contributed by atoms with van der Waals surface area (Å²) in [7, 11) is 0. The van der Waals surface area contributed by atoms with Crippen molar-refractivity contribution < 1.29 is 10.2 Å². The van der Waals surface area contributed by atoms with Crippen LogP contribution in [0.5, 0.6) is 0 Å². The van der Waals surface area contributed by atoms with Crippen LogP contribution in [0.25, 0.3) is 0 Å². The van der Waals surface area contributed by atoms with Gasteiger partial charge >= 0.3 is 0 Å². The van der Waals surface area contributed by atoms with Gasteiger partial charge in [0.25, 0.3) is 0 Å². The zero-order valence-electron chi connectivity index (χ0n) is 14.7. The maximum absolute atomic E-state index is 10.1. The zero-order valence-corrected chi connectivity index (χ0v) is 14.7. The number of aliphatic hydroxyl groups is 2. The van der Waals surface area contributed by atoms with Crippen LogP contribution in [-0.2, 0) is 0 Å². The van der Waals surface area contributed by atoms with E-state index in [1.165, 1.54) is 31.3 Å². The van der Waals surface area contributed by atoms with Crippen molar-refractivity contribution in [1.82, 2.24) is 0 Å². The molecule has 0 aromatic rings. The van der Waals surface area contributed by atoms with E-state index in [0.717, 1.165) is 23.0 Å². The van der Waals surface area contributed by atoms with Gasteiger partial charge in [0, 0.05) is 11.8 Å². The first-order valence-electron chi connectivity index (χ1n) is 9.33. The fraction of sp³-hybridized carbons (Fsp3) is 0.714. The lowest BCUT2D eigenvalue weighted by Gasteiger charge is -2.43. The lowest BCUT2D eigenvalue weighted by Crippen LogP contribution is -2.35. The van der Waals surface area contributed by atoms with Crippen molar-refractivity contribution in [3.8, 4) is 0 Å². The summed E-state index contributed by atoms with van der Waals surface area (Å²) in [4.78, 5) is 0. The standard InChI is InChI=1S/C21H30O2/c1-13-9-17-12-21(17)16(5-4-8-20(13,21)3)7-6-15-10-18(22)11-19(23)14(15)2/h5-7,13,17-19,22-23H,4,8-12H2,1-3H3/b7-6-/t13-,17?,18?,19?,20+,21?/m0/s1. The SMILES string of the molecule is CC1=C(/C=C\C2=CCC[C@]3(C)[C@@H](C)CC4CC243)CC(O)CC1O. The van der Waals surface area contributed by atoms with E-state index in [9.17, 15) is 10.2 Å². The van der Waals surface area contributed by atoms with E-state index in [1.54, 1.807) is 0 Å². The van der Waals surface area contributed by atoms with Gasteiger partial charge in [0.2, 0.25) is 0 Å². The van der Waals surface area contributed by atoms with Gasteiger partial charge in [-0.3, -0.25) is 0 Å². The summed E-state index contributed by atoms with van der Waals surface area (Å²) in [5.41, 5.74) is 4.61. The second-order valence-corrected chi connectivity index (χ2v) is 8.78. The van der Waals surface area contributed by atoms with Crippen molar-refractivity contribution in [2.75, 3.05) is 0 Å². The fourth-order valence-corrected chi connectivity index (χ4v) is 6.06. The molecule has 4 aliphatic rings. The molecule has 23 heavy (non-hydrogen) atoms. The molecule has 6 atom stereocenters. The first-order chi connectivity index (χ1) is 10.9. The molecule has 2 nitrogen and oxygen atoms in total. The maximum atomic E-state index is 10.1. The van der Waals surface area contributed by atoms with Crippen LogP contribution >= 0.6 is 0 Å². The Morgan fingerprint density at radius 3 is 2.78 bits per heavy atom. The van der Waals surface area contributed by atoms with Crippen molar-refractivity contribution in [1.29, 1.82) is 0 Å². The smallest absolute Gasteiger partial charge is 0.0777 e. The average molecular weight is 314 g/mol. The zero-order chi connectivity index (χ0) is 16.4. The van der Waals surface area contributed by atoms with Crippen LogP contribution < -0.4 is 0 Å². The van der Waals surface area contributed by atoms with Crippen molar-refractivity contribution >= 4 is 0 Å². The molecule has 0 aromatic heterocycles. The lowest BCUT2D eigenvalue weighted by atomic mass is 9.61. The van der Waals surface area contributed by atoms with E-state index in [-0.39, 0.29) is 0 Å². The van der Waals surface area contributed by atoms with Gasteiger partial charge in [-0.25, -0.2) is 0 Å². The quantitative estimate of drug-likeness (QED) is 0.804. The van der Waals surface area contributed by atoms with Gasteiger partial charge in [0.05, 0.1) is 12.2 Å². The number of aliphatic hydroxyl groups excluding tert-OH is 2. The highest BCUT2D eigenvalue weighted by Gasteiger charge is 2.72. The molecular weight excluding hydrogens is 284 g/mol. The molecule has 126 valence electrons. The molecule has 4 unspecified atom stereocenters. The van der Waals surface area contributed by atoms with Crippen molar-refractivity contribution in [2.24, 2.45) is 22.7 Å². The Morgan fingerprint density at radius 1 is 1.22 bits per heavy atom. The van der Waals surface area contributed by atoms with Crippen molar-refractivity contribution in [3.05, 3.63) is 34.9 Å². The van der Waals surface area contributed by atoms with Gasteiger partial charge in [-0.05, 0) is 73.0 Å². The molecule has 0 bridgehead atoms. The molecule has 4 rings (SSSR count). The van der Waals surface area contributed by atoms with Crippen LogP contribution in [0, 0.1) is 22.7 Å². The molecule has 0 radical (unpaired) electrons. The first kappa shape index (κ1) is 15.7. The second kappa shape index (κ2) is 5.07. The monoisotopic (exact) mass is 314 g/mol. The molecule has 0 saturated heterocycles.